The number of cyclic esters (lactones) is 2. The van der Waals surface area contributed by atoms with E-state index in [9.17, 15) is 43.2 Å². The van der Waals surface area contributed by atoms with Crippen molar-refractivity contribution in [2.45, 2.75) is 111 Å². The second-order valence-electron chi connectivity index (χ2n) is 14.6. The van der Waals surface area contributed by atoms with Crippen LogP contribution >= 0.6 is 24.4 Å². The number of nitrogens with one attached hydrogen (secondary N) is 6. The van der Waals surface area contributed by atoms with Crippen LogP contribution < -0.4 is 31.9 Å². The minimum atomic E-state index is -0.990. The predicted molar refractivity (Wildman–Crippen MR) is 253 cm³/mol. The predicted octanol–water partition coefficient (Wildman–Crippen LogP) is 3.19. The molecular formula is C46H58N8O11S2. The summed E-state index contributed by atoms with van der Waals surface area (Å²) < 4.78 is 11.0. The first kappa shape index (κ1) is 54.7. The molecule has 6 amide bonds. The standard InChI is InChI=1S/C24H30N4O6S.C22H28N4O5S/c1-4-18-22(31)28-19(5-2)24(33)34-17(10-6-7-12-35-15(3)29)13-21(30)25-14-16-9-8-11-20(26-16)23(32)27-18;1-3-16-20(28)26-17(4-2)22(30)31-15(9-5-6-11-32)12-19(27)23-13-14-8-7-10-18(24-14)21(29)25-16/h4,6,8-11,17,19H,5,7,12-14H2,1-3H3,(H,25,30)(H,27,32)(H,28,31);3,5,7-10,15,17,32H,4,6,11-13H2,1-2H3,(H,23,27)(H,25,29)(H,26,28)/b10-6+,18-4-;9-5+,16-3-/t17-,19+;15-,17+/m11/s1. The number of amides is 6. The third kappa shape index (κ3) is 19.4. The molecule has 21 heteroatoms. The Hall–Kier alpha value is -6.61. The van der Waals surface area contributed by atoms with Crippen LogP contribution in [-0.4, -0.2) is 98.3 Å². The number of hydrogen-bond donors (Lipinski definition) is 7. The Morgan fingerprint density at radius 3 is 1.51 bits per heavy atom. The van der Waals surface area contributed by atoms with Crippen LogP contribution in [0.15, 0.2) is 84.2 Å². The summed E-state index contributed by atoms with van der Waals surface area (Å²) in [5.74, 6) is -3.42. The minimum Gasteiger partial charge on any atom is -0.456 e. The number of hydrogen-bond acceptors (Lipinski definition) is 15. The number of aromatic nitrogens is 2. The van der Waals surface area contributed by atoms with Crippen LogP contribution in [0.3, 0.4) is 0 Å². The van der Waals surface area contributed by atoms with Crippen LogP contribution in [0.25, 0.3) is 0 Å². The van der Waals surface area contributed by atoms with Gasteiger partial charge in [-0.3, -0.25) is 33.6 Å². The largest absolute Gasteiger partial charge is 0.456 e. The Morgan fingerprint density at radius 1 is 0.687 bits per heavy atom. The maximum Gasteiger partial charge on any atom is 0.329 e. The van der Waals surface area contributed by atoms with Crippen LogP contribution in [0, 0.1) is 0 Å². The van der Waals surface area contributed by atoms with Gasteiger partial charge in [-0.15, -0.1) is 0 Å². The Morgan fingerprint density at radius 2 is 1.12 bits per heavy atom. The van der Waals surface area contributed by atoms with Gasteiger partial charge in [0.15, 0.2) is 5.12 Å². The summed E-state index contributed by atoms with van der Waals surface area (Å²) in [5, 5.41) is 15.6. The molecule has 0 spiro atoms. The van der Waals surface area contributed by atoms with E-state index in [1.165, 1.54) is 43.0 Å². The van der Waals surface area contributed by atoms with Gasteiger partial charge >= 0.3 is 11.9 Å². The van der Waals surface area contributed by atoms with Crippen molar-refractivity contribution >= 4 is 76.9 Å². The fourth-order valence-corrected chi connectivity index (χ4v) is 6.61. The molecule has 0 radical (unpaired) electrons. The number of ether oxygens (including phenoxy) is 2. The number of pyridine rings is 2. The number of allylic oxidation sites excluding steroid dienone is 4. The SMILES string of the molecule is C/C=C1\NC(=O)c2cccc(n2)CNC(=O)C[C@@H](/C=C/CCS)OC(=O)[C@H](CC)NC1=O.C/C=C1\NC(=O)c2cccc(n2)CNC(=O)C[C@@H](/C=C/CCSC(C)=O)OC(=O)[C@H](CC)NC1=O. The summed E-state index contributed by atoms with van der Waals surface area (Å²) in [5.41, 5.74) is 1.03. The van der Waals surface area contributed by atoms with E-state index in [0.29, 0.717) is 35.7 Å². The van der Waals surface area contributed by atoms with E-state index in [1.54, 1.807) is 76.3 Å². The summed E-state index contributed by atoms with van der Waals surface area (Å²) in [4.78, 5) is 121. The summed E-state index contributed by atoms with van der Waals surface area (Å²) in [6.07, 6.45) is 9.40. The molecule has 0 unspecified atom stereocenters. The fraction of sp³-hybridized carbons (Fsp3) is 0.413. The molecule has 0 saturated carbocycles. The molecule has 67 heavy (non-hydrogen) atoms. The normalized spacial score (nSPS) is 21.8. The highest BCUT2D eigenvalue weighted by atomic mass is 32.2. The van der Waals surface area contributed by atoms with Crippen molar-refractivity contribution in [1.82, 2.24) is 41.9 Å². The second kappa shape index (κ2) is 29.1. The molecule has 0 aliphatic carbocycles. The van der Waals surface area contributed by atoms with E-state index in [0.717, 1.165) is 0 Å². The van der Waals surface area contributed by atoms with E-state index in [1.807, 2.05) is 0 Å². The van der Waals surface area contributed by atoms with Gasteiger partial charge in [-0.2, -0.15) is 12.6 Å². The van der Waals surface area contributed by atoms with Gasteiger partial charge in [0.05, 0.1) is 37.3 Å². The zero-order chi connectivity index (χ0) is 49.3. The molecule has 6 N–H and O–H groups in total. The monoisotopic (exact) mass is 962 g/mol. The maximum atomic E-state index is 12.8. The van der Waals surface area contributed by atoms with Crippen molar-refractivity contribution in [2.24, 2.45) is 0 Å². The molecule has 19 nitrogen and oxygen atoms in total. The molecule has 0 aromatic carbocycles. The number of esters is 2. The highest BCUT2D eigenvalue weighted by Gasteiger charge is 2.28. The van der Waals surface area contributed by atoms with Crippen LogP contribution in [0.4, 0.5) is 0 Å². The molecular weight excluding hydrogens is 905 g/mol. The highest BCUT2D eigenvalue weighted by Crippen LogP contribution is 2.12. The van der Waals surface area contributed by atoms with Crippen molar-refractivity contribution in [3.63, 3.8) is 0 Å². The van der Waals surface area contributed by atoms with Gasteiger partial charge in [-0.1, -0.05) is 62.0 Å². The van der Waals surface area contributed by atoms with Gasteiger partial charge in [0.25, 0.3) is 23.6 Å². The fourth-order valence-electron chi connectivity index (χ4n) is 5.92. The molecule has 2 aromatic heterocycles. The summed E-state index contributed by atoms with van der Waals surface area (Å²) in [7, 11) is 0. The van der Waals surface area contributed by atoms with Crippen molar-refractivity contribution in [3.8, 4) is 0 Å². The smallest absolute Gasteiger partial charge is 0.329 e. The zero-order valence-corrected chi connectivity index (χ0v) is 39.8. The Bertz CT molecular complexity index is 2250. The number of thiol groups is 1. The minimum absolute atomic E-state index is 0.00445. The van der Waals surface area contributed by atoms with Gasteiger partial charge in [-0.25, -0.2) is 19.6 Å². The van der Waals surface area contributed by atoms with E-state index < -0.39 is 59.9 Å². The number of rotatable bonds is 9. The van der Waals surface area contributed by atoms with Gasteiger partial charge < -0.3 is 41.4 Å². The molecule has 2 aliphatic heterocycles. The van der Waals surface area contributed by atoms with E-state index >= 15 is 0 Å². The van der Waals surface area contributed by atoms with Crippen molar-refractivity contribution in [3.05, 3.63) is 107 Å². The first-order valence-electron chi connectivity index (χ1n) is 21.6. The van der Waals surface area contributed by atoms with E-state index in [2.05, 4.69) is 54.5 Å². The highest BCUT2D eigenvalue weighted by molar-refractivity contribution is 8.13. The van der Waals surface area contributed by atoms with Gasteiger partial charge in [0.2, 0.25) is 11.8 Å². The number of carbonyl (C=O) groups excluding carboxylic acids is 9. The molecule has 4 heterocycles. The average molecular weight is 963 g/mol. The lowest BCUT2D eigenvalue weighted by atomic mass is 10.1. The molecule has 4 rings (SSSR count). The van der Waals surface area contributed by atoms with Crippen LogP contribution in [0.5, 0.6) is 0 Å². The molecule has 2 aliphatic rings. The number of thioether (sulfide) groups is 1. The lowest BCUT2D eigenvalue weighted by molar-refractivity contribution is -0.152. The molecule has 0 fully saturated rings. The van der Waals surface area contributed by atoms with Gasteiger partial charge in [0, 0.05) is 12.7 Å². The first-order chi connectivity index (χ1) is 32.1. The second-order valence-corrected chi connectivity index (χ2v) is 16.3. The lowest BCUT2D eigenvalue weighted by Gasteiger charge is -2.21. The topological polar surface area (TPSA) is 270 Å². The number of nitrogens with zero attached hydrogens (tertiary/aromatic N) is 2. The molecule has 4 bridgehead atoms. The Labute approximate surface area is 399 Å². The third-order valence-electron chi connectivity index (χ3n) is 9.47. The average Bonchev–Trinajstić information content (AvgIpc) is 3.31. The molecule has 0 saturated heterocycles. The lowest BCUT2D eigenvalue weighted by Crippen LogP contribution is -2.46. The molecule has 360 valence electrons. The quantitative estimate of drug-likeness (QED) is 0.0626. The summed E-state index contributed by atoms with van der Waals surface area (Å²) in [6, 6.07) is 7.64. The third-order valence-corrected chi connectivity index (χ3v) is 10.6. The number of carbonyl (C=O) groups is 9. The van der Waals surface area contributed by atoms with Gasteiger partial charge in [-0.05, 0) is 81.7 Å². The van der Waals surface area contributed by atoms with Crippen LogP contribution in [-0.2, 0) is 56.1 Å². The maximum absolute atomic E-state index is 12.8. The van der Waals surface area contributed by atoms with Crippen molar-refractivity contribution in [2.75, 3.05) is 11.5 Å². The van der Waals surface area contributed by atoms with Crippen molar-refractivity contribution < 1.29 is 52.6 Å². The van der Waals surface area contributed by atoms with E-state index in [4.69, 9.17) is 9.47 Å². The Kier molecular flexibility index (Phi) is 23.8. The molecule has 4 atom stereocenters. The zero-order valence-electron chi connectivity index (χ0n) is 38.0. The van der Waals surface area contributed by atoms with Gasteiger partial charge in [0.1, 0.15) is 47.1 Å². The first-order valence-corrected chi connectivity index (χ1v) is 23.2. The molecule has 2 aromatic rings. The number of fused-ring (bicyclic) bond motifs is 4. The van der Waals surface area contributed by atoms with E-state index in [-0.39, 0.29) is 78.5 Å². The summed E-state index contributed by atoms with van der Waals surface area (Å²) in [6.45, 7) is 8.23. The summed E-state index contributed by atoms with van der Waals surface area (Å²) >= 11 is 5.32. The Balaban J connectivity index is 0.000000357. The van der Waals surface area contributed by atoms with Crippen LogP contribution in [0.2, 0.25) is 0 Å². The van der Waals surface area contributed by atoms with Crippen molar-refractivity contribution in [1.29, 1.82) is 0 Å². The van der Waals surface area contributed by atoms with Crippen LogP contribution in [0.1, 0.15) is 106 Å².